The second-order valence-electron chi connectivity index (χ2n) is 14.2. The number of para-hydroxylation sites is 1. The van der Waals surface area contributed by atoms with Gasteiger partial charge < -0.3 is 53.9 Å². The van der Waals surface area contributed by atoms with Gasteiger partial charge in [-0.3, -0.25) is 4.79 Å². The third-order valence-electron chi connectivity index (χ3n) is 9.95. The van der Waals surface area contributed by atoms with Crippen LogP contribution >= 0.6 is 0 Å². The third kappa shape index (κ3) is 12.5. The number of aliphatic hydroxyl groups excluding tert-OH is 4. The lowest BCUT2D eigenvalue weighted by molar-refractivity contribution is -0.304. The Morgan fingerprint density at radius 1 is 1.04 bits per heavy atom. The molecule has 1 saturated heterocycles. The summed E-state index contributed by atoms with van der Waals surface area (Å²) in [5.41, 5.74) is 1.36. The van der Waals surface area contributed by atoms with Gasteiger partial charge in [0.25, 0.3) is 0 Å². The van der Waals surface area contributed by atoms with E-state index in [1.165, 1.54) is 0 Å². The molecule has 13 heteroatoms. The Labute approximate surface area is 308 Å². The van der Waals surface area contributed by atoms with Crippen molar-refractivity contribution >= 4 is 18.0 Å². The molecule has 0 bridgehead atoms. The highest BCUT2D eigenvalue weighted by atomic mass is 16.7. The highest BCUT2D eigenvalue weighted by Crippen LogP contribution is 2.34. The van der Waals surface area contributed by atoms with Crippen molar-refractivity contribution in [3.63, 3.8) is 0 Å². The standard InChI is InChI=1S/C39H60N2O11/c1-8-33-29(23-43)20-24(2)14-15-31(40-49-19-18-48-30-12-10-9-11-13-30)25(3)21-28(16-17-42)38(26(4)32(44)22-34(45)51-33)52-39-37(47)35(41(6)7)36(46)27(5)50-39/h9-15,17,20,25-29,32-33,35-39,43-44,46-47H,8,16,18-19,21-23H2,1-7H3/b15-14+,24-20+,40-31-/t25-,26+,27?,28+,29?,32-,33-,35?,36?,37?,38-,39?/m1/s1. The third-order valence-corrected chi connectivity index (χ3v) is 9.95. The fourth-order valence-electron chi connectivity index (χ4n) is 6.89. The van der Waals surface area contributed by atoms with Crippen LogP contribution in [-0.4, -0.2) is 126 Å². The first-order valence-electron chi connectivity index (χ1n) is 18.3. The van der Waals surface area contributed by atoms with Crippen LogP contribution < -0.4 is 4.74 Å². The number of allylic oxidation sites excluding steroid dienone is 3. The summed E-state index contributed by atoms with van der Waals surface area (Å²) < 4.78 is 24.0. The summed E-state index contributed by atoms with van der Waals surface area (Å²) in [6, 6.07) is 8.64. The molecule has 4 N–H and O–H groups in total. The zero-order chi connectivity index (χ0) is 38.4. The average molecular weight is 733 g/mol. The molecule has 2 aliphatic rings. The first-order valence-corrected chi connectivity index (χ1v) is 18.3. The van der Waals surface area contributed by atoms with E-state index in [0.29, 0.717) is 24.3 Å². The molecule has 0 aliphatic carbocycles. The molecule has 0 amide bonds. The Bertz CT molecular complexity index is 1320. The molecule has 2 heterocycles. The van der Waals surface area contributed by atoms with Gasteiger partial charge >= 0.3 is 5.97 Å². The van der Waals surface area contributed by atoms with Crippen molar-refractivity contribution in [1.82, 2.24) is 4.90 Å². The predicted molar refractivity (Wildman–Crippen MR) is 195 cm³/mol. The molecule has 292 valence electrons. The zero-order valence-corrected chi connectivity index (χ0v) is 31.6. The van der Waals surface area contributed by atoms with Crippen LogP contribution in [0.3, 0.4) is 0 Å². The Hall–Kier alpha value is -3.17. The molecule has 0 radical (unpaired) electrons. The van der Waals surface area contributed by atoms with Crippen LogP contribution in [0.4, 0.5) is 0 Å². The molecule has 6 unspecified atom stereocenters. The first-order chi connectivity index (χ1) is 24.8. The number of aliphatic hydroxyl groups is 4. The zero-order valence-electron chi connectivity index (χ0n) is 31.6. The van der Waals surface area contributed by atoms with E-state index in [4.69, 9.17) is 23.8 Å². The van der Waals surface area contributed by atoms with E-state index < -0.39 is 72.7 Å². The maximum Gasteiger partial charge on any atom is 0.308 e. The monoisotopic (exact) mass is 732 g/mol. The van der Waals surface area contributed by atoms with Crippen molar-refractivity contribution in [2.75, 3.05) is 33.9 Å². The van der Waals surface area contributed by atoms with Crippen LogP contribution in [0.15, 0.2) is 59.3 Å². The van der Waals surface area contributed by atoms with Crippen LogP contribution in [0.5, 0.6) is 5.75 Å². The van der Waals surface area contributed by atoms with Crippen LogP contribution in [0.2, 0.25) is 0 Å². The second-order valence-corrected chi connectivity index (χ2v) is 14.2. The summed E-state index contributed by atoms with van der Waals surface area (Å²) in [5, 5.41) is 48.4. The molecule has 1 aromatic carbocycles. The number of esters is 1. The minimum atomic E-state index is -1.27. The van der Waals surface area contributed by atoms with Gasteiger partial charge in [0, 0.05) is 24.2 Å². The van der Waals surface area contributed by atoms with Crippen molar-refractivity contribution in [1.29, 1.82) is 0 Å². The molecule has 12 atom stereocenters. The highest BCUT2D eigenvalue weighted by Gasteiger charge is 2.47. The lowest BCUT2D eigenvalue weighted by Crippen LogP contribution is -2.63. The van der Waals surface area contributed by atoms with E-state index in [9.17, 15) is 30.0 Å². The maximum atomic E-state index is 13.2. The van der Waals surface area contributed by atoms with Gasteiger partial charge in [0.15, 0.2) is 12.9 Å². The van der Waals surface area contributed by atoms with Crippen LogP contribution in [0.25, 0.3) is 0 Å². The average Bonchev–Trinajstić information content (AvgIpc) is 3.11. The molecular weight excluding hydrogens is 672 g/mol. The van der Waals surface area contributed by atoms with E-state index in [1.54, 1.807) is 32.8 Å². The molecule has 0 spiro atoms. The Balaban J connectivity index is 2.02. The summed E-state index contributed by atoms with van der Waals surface area (Å²) in [6.07, 6.45) is -0.253. The smallest absolute Gasteiger partial charge is 0.308 e. The molecule has 1 aromatic rings. The number of nitrogens with zero attached hydrogens (tertiary/aromatic N) is 2. The summed E-state index contributed by atoms with van der Waals surface area (Å²) in [4.78, 5) is 32.8. The van der Waals surface area contributed by atoms with Gasteiger partial charge in [-0.05, 0) is 64.9 Å². The fraction of sp³-hybridized carbons (Fsp3) is 0.667. The van der Waals surface area contributed by atoms with Gasteiger partial charge in [0.2, 0.25) is 0 Å². The number of cyclic esters (lactones) is 1. The van der Waals surface area contributed by atoms with E-state index in [0.717, 1.165) is 11.9 Å². The number of ether oxygens (including phenoxy) is 4. The molecule has 3 rings (SSSR count). The van der Waals surface area contributed by atoms with E-state index in [-0.39, 0.29) is 38.6 Å². The first kappa shape index (κ1) is 43.2. The van der Waals surface area contributed by atoms with E-state index in [2.05, 4.69) is 5.16 Å². The van der Waals surface area contributed by atoms with Gasteiger partial charge in [0.1, 0.15) is 30.9 Å². The topological polar surface area (TPSA) is 177 Å². The summed E-state index contributed by atoms with van der Waals surface area (Å²) in [5.74, 6) is -2.01. The quantitative estimate of drug-likeness (QED) is 0.107. The summed E-state index contributed by atoms with van der Waals surface area (Å²) in [7, 11) is 3.47. The number of benzene rings is 1. The summed E-state index contributed by atoms with van der Waals surface area (Å²) in [6.45, 7) is 9.24. The Morgan fingerprint density at radius 3 is 2.38 bits per heavy atom. The lowest BCUT2D eigenvalue weighted by atomic mass is 9.79. The minimum absolute atomic E-state index is 0.0341. The fourth-order valence-corrected chi connectivity index (χ4v) is 6.89. The van der Waals surface area contributed by atoms with Gasteiger partial charge in [-0.1, -0.05) is 61.9 Å². The van der Waals surface area contributed by atoms with Crippen LogP contribution in [-0.2, 0) is 28.6 Å². The Morgan fingerprint density at radius 2 is 1.75 bits per heavy atom. The minimum Gasteiger partial charge on any atom is -0.490 e. The van der Waals surface area contributed by atoms with E-state index in [1.807, 2.05) is 69.3 Å². The number of hydrogen-bond donors (Lipinski definition) is 4. The molecule has 0 aromatic heterocycles. The largest absolute Gasteiger partial charge is 0.490 e. The number of likely N-dealkylation sites (N-methyl/N-ethyl adjacent to an activating group) is 1. The maximum absolute atomic E-state index is 13.2. The van der Waals surface area contributed by atoms with Gasteiger partial charge in [-0.25, -0.2) is 0 Å². The summed E-state index contributed by atoms with van der Waals surface area (Å²) >= 11 is 0. The van der Waals surface area contributed by atoms with Crippen molar-refractivity contribution in [3.8, 4) is 5.75 Å². The van der Waals surface area contributed by atoms with Gasteiger partial charge in [-0.2, -0.15) is 0 Å². The predicted octanol–water partition coefficient (Wildman–Crippen LogP) is 3.28. The molecule has 13 nitrogen and oxygen atoms in total. The van der Waals surface area contributed by atoms with E-state index >= 15 is 0 Å². The number of rotatable bonds is 12. The SMILES string of the molecule is CC[C@H]1OC(=O)C[C@@H](O)[C@H](C)[C@@H](OC2OC(C)C(O)C(N(C)C)C2O)[C@@H](CC=O)C[C@@H](C)C(=N\OCCOc2ccccc2)/C=C/C(C)=C/C1CO. The highest BCUT2D eigenvalue weighted by molar-refractivity contribution is 5.96. The van der Waals surface area contributed by atoms with Crippen LogP contribution in [0.1, 0.15) is 60.3 Å². The molecular formula is C39H60N2O11. The number of carbonyl (C=O) groups excluding carboxylic acids is 2. The Kier molecular flexibility index (Phi) is 17.9. The molecule has 0 saturated carbocycles. The number of oxime groups is 1. The lowest BCUT2D eigenvalue weighted by Gasteiger charge is -2.46. The van der Waals surface area contributed by atoms with Crippen molar-refractivity contribution in [3.05, 3.63) is 54.1 Å². The molecule has 52 heavy (non-hydrogen) atoms. The normalized spacial score (nSPS) is 36.4. The van der Waals surface area contributed by atoms with Gasteiger partial charge in [-0.15, -0.1) is 0 Å². The molecule has 1 fully saturated rings. The van der Waals surface area contributed by atoms with Gasteiger partial charge in [0.05, 0.1) is 49.2 Å². The van der Waals surface area contributed by atoms with Crippen molar-refractivity contribution < 1.29 is 53.8 Å². The van der Waals surface area contributed by atoms with Crippen molar-refractivity contribution in [2.45, 2.75) is 109 Å². The van der Waals surface area contributed by atoms with Crippen molar-refractivity contribution in [2.24, 2.45) is 28.8 Å². The number of carbonyl (C=O) groups is 2. The molecule has 2 aliphatic heterocycles. The number of aldehydes is 1. The number of hydrogen-bond acceptors (Lipinski definition) is 13. The van der Waals surface area contributed by atoms with Crippen LogP contribution in [0, 0.1) is 23.7 Å². The second kappa shape index (κ2) is 21.5.